The monoisotopic (exact) mass is 425 g/mol. The van der Waals surface area contributed by atoms with E-state index in [0.717, 1.165) is 36.6 Å². The first kappa shape index (κ1) is 18.2. The van der Waals surface area contributed by atoms with Crippen LogP contribution in [0, 0.1) is 5.41 Å². The van der Waals surface area contributed by atoms with Gasteiger partial charge in [-0.15, -0.1) is 0 Å². The SMILES string of the molecule is CN(C=O)C(N)=NC1c2cc(Br)ccc2CC12CCc1ccccc1CC2. The first-order valence-corrected chi connectivity index (χ1v) is 10.2. The van der Waals surface area contributed by atoms with Crippen LogP contribution in [0.5, 0.6) is 0 Å². The number of halogens is 1. The van der Waals surface area contributed by atoms with Crippen molar-refractivity contribution in [3.05, 3.63) is 69.2 Å². The summed E-state index contributed by atoms with van der Waals surface area (Å²) in [4.78, 5) is 17.4. The van der Waals surface area contributed by atoms with Gasteiger partial charge in [0.2, 0.25) is 6.41 Å². The lowest BCUT2D eigenvalue weighted by Gasteiger charge is -2.33. The van der Waals surface area contributed by atoms with Crippen molar-refractivity contribution in [2.24, 2.45) is 16.1 Å². The van der Waals surface area contributed by atoms with E-state index in [-0.39, 0.29) is 17.4 Å². The summed E-state index contributed by atoms with van der Waals surface area (Å²) in [7, 11) is 1.65. The van der Waals surface area contributed by atoms with Gasteiger partial charge in [-0.3, -0.25) is 9.69 Å². The number of hydrogen-bond acceptors (Lipinski definition) is 2. The third-order valence-corrected chi connectivity index (χ3v) is 6.70. The molecule has 0 saturated heterocycles. The molecule has 2 aliphatic carbocycles. The molecule has 0 bridgehead atoms. The zero-order valence-corrected chi connectivity index (χ0v) is 17.1. The molecule has 1 amide bonds. The first-order chi connectivity index (χ1) is 13.0. The van der Waals surface area contributed by atoms with E-state index in [4.69, 9.17) is 10.7 Å². The summed E-state index contributed by atoms with van der Waals surface area (Å²) in [5.74, 6) is 0.281. The van der Waals surface area contributed by atoms with Crippen LogP contribution < -0.4 is 5.73 Å². The van der Waals surface area contributed by atoms with Crippen LogP contribution in [0.1, 0.15) is 41.1 Å². The van der Waals surface area contributed by atoms with Gasteiger partial charge in [0.15, 0.2) is 5.96 Å². The quantitative estimate of drug-likeness (QED) is 0.448. The van der Waals surface area contributed by atoms with E-state index < -0.39 is 0 Å². The molecule has 1 spiro atoms. The summed E-state index contributed by atoms with van der Waals surface area (Å²) < 4.78 is 1.05. The molecule has 2 aromatic rings. The van der Waals surface area contributed by atoms with Gasteiger partial charge in [0, 0.05) is 16.9 Å². The fraction of sp³-hybridized carbons (Fsp3) is 0.364. The highest BCUT2D eigenvalue weighted by Gasteiger charge is 2.46. The zero-order chi connectivity index (χ0) is 19.0. The van der Waals surface area contributed by atoms with Crippen LogP contribution in [0.2, 0.25) is 0 Å². The second-order valence-electron chi connectivity index (χ2n) is 7.76. The predicted octanol–water partition coefficient (Wildman–Crippen LogP) is 4.01. The first-order valence-electron chi connectivity index (χ1n) is 9.39. The average molecular weight is 426 g/mol. The minimum atomic E-state index is -0.0262. The number of guanidine groups is 1. The number of amides is 1. The molecule has 2 N–H and O–H groups in total. The normalized spacial score (nSPS) is 20.7. The number of rotatable bonds is 2. The third-order valence-electron chi connectivity index (χ3n) is 6.21. The van der Waals surface area contributed by atoms with E-state index in [9.17, 15) is 4.79 Å². The average Bonchev–Trinajstić information content (AvgIpc) is 2.84. The van der Waals surface area contributed by atoms with Gasteiger partial charge in [0.05, 0.1) is 6.04 Å². The number of aliphatic imine (C=N–C) groups is 1. The van der Waals surface area contributed by atoms with Crippen LogP contribution in [0.25, 0.3) is 0 Å². The van der Waals surface area contributed by atoms with E-state index in [1.54, 1.807) is 7.05 Å². The Hall–Kier alpha value is -2.14. The largest absolute Gasteiger partial charge is 0.369 e. The standard InChI is InChI=1S/C22H24BrN3O/c1-26(14-27)21(24)25-20-19-12-18(23)7-6-17(19)13-22(20)10-8-15-4-2-3-5-16(15)9-11-22/h2-7,12,14,20H,8-11,13H2,1H3,(H2,24,25). The Bertz CT molecular complexity index is 881. The van der Waals surface area contributed by atoms with Crippen molar-refractivity contribution in [2.45, 2.75) is 38.1 Å². The molecule has 0 radical (unpaired) electrons. The predicted molar refractivity (Wildman–Crippen MR) is 112 cm³/mol. The molecule has 2 aromatic carbocycles. The van der Waals surface area contributed by atoms with E-state index >= 15 is 0 Å². The third kappa shape index (κ3) is 3.29. The molecule has 0 fully saturated rings. The number of fused-ring (bicyclic) bond motifs is 2. The van der Waals surface area contributed by atoms with Crippen molar-refractivity contribution in [3.63, 3.8) is 0 Å². The van der Waals surface area contributed by atoms with Gasteiger partial charge >= 0.3 is 0 Å². The van der Waals surface area contributed by atoms with Crippen molar-refractivity contribution in [2.75, 3.05) is 7.05 Å². The molecule has 0 saturated carbocycles. The Balaban J connectivity index is 1.76. The van der Waals surface area contributed by atoms with Crippen molar-refractivity contribution in [1.82, 2.24) is 4.90 Å². The summed E-state index contributed by atoms with van der Waals surface area (Å²) in [5.41, 5.74) is 11.7. The molecule has 4 rings (SSSR count). The topological polar surface area (TPSA) is 58.7 Å². The molecule has 1 unspecified atom stereocenters. The van der Waals surface area contributed by atoms with E-state index in [2.05, 4.69) is 58.4 Å². The summed E-state index contributed by atoms with van der Waals surface area (Å²) in [6.07, 6.45) is 5.98. The number of carbonyl (C=O) groups is 1. The van der Waals surface area contributed by atoms with Gasteiger partial charge in [-0.25, -0.2) is 4.99 Å². The molecule has 0 aliphatic heterocycles. The Morgan fingerprint density at radius 1 is 1.19 bits per heavy atom. The molecule has 1 atom stereocenters. The zero-order valence-electron chi connectivity index (χ0n) is 15.5. The summed E-state index contributed by atoms with van der Waals surface area (Å²) in [6, 6.07) is 15.2. The Kier molecular flexibility index (Phi) is 4.81. The molecular formula is C22H24BrN3O. The van der Waals surface area contributed by atoms with Gasteiger partial charge in [-0.05, 0) is 66.5 Å². The lowest BCUT2D eigenvalue weighted by atomic mass is 9.74. The maximum Gasteiger partial charge on any atom is 0.216 e. The molecule has 0 heterocycles. The minimum Gasteiger partial charge on any atom is -0.369 e. The second-order valence-corrected chi connectivity index (χ2v) is 8.67. The Morgan fingerprint density at radius 2 is 1.85 bits per heavy atom. The molecule has 4 nitrogen and oxygen atoms in total. The maximum absolute atomic E-state index is 11.1. The van der Waals surface area contributed by atoms with Crippen LogP contribution in [-0.4, -0.2) is 24.3 Å². The van der Waals surface area contributed by atoms with Crippen LogP contribution >= 0.6 is 15.9 Å². The molecule has 5 heteroatoms. The van der Waals surface area contributed by atoms with E-state index in [0.29, 0.717) is 6.41 Å². The molecule has 140 valence electrons. The fourth-order valence-corrected chi connectivity index (χ4v) is 5.04. The van der Waals surface area contributed by atoms with Crippen molar-refractivity contribution >= 4 is 28.3 Å². The van der Waals surface area contributed by atoms with Crippen LogP contribution in [0.15, 0.2) is 51.9 Å². The van der Waals surface area contributed by atoms with Gasteiger partial charge in [-0.2, -0.15) is 0 Å². The van der Waals surface area contributed by atoms with Crippen molar-refractivity contribution < 1.29 is 4.79 Å². The van der Waals surface area contributed by atoms with Gasteiger partial charge in [-0.1, -0.05) is 46.3 Å². The van der Waals surface area contributed by atoms with Gasteiger partial charge in [0.25, 0.3) is 0 Å². The van der Waals surface area contributed by atoms with Crippen molar-refractivity contribution in [1.29, 1.82) is 0 Å². The number of nitrogens with zero attached hydrogens (tertiary/aromatic N) is 2. The van der Waals surface area contributed by atoms with Crippen LogP contribution in [0.3, 0.4) is 0 Å². The number of aryl methyl sites for hydroxylation is 2. The summed E-state index contributed by atoms with van der Waals surface area (Å²) in [5, 5.41) is 0. The van der Waals surface area contributed by atoms with Crippen LogP contribution in [0.4, 0.5) is 0 Å². The number of nitrogens with two attached hydrogens (primary N) is 1. The minimum absolute atomic E-state index is 0.0262. The van der Waals surface area contributed by atoms with Crippen LogP contribution in [-0.2, 0) is 24.1 Å². The second kappa shape index (κ2) is 7.12. The highest BCUT2D eigenvalue weighted by Crippen LogP contribution is 2.55. The smallest absolute Gasteiger partial charge is 0.216 e. The highest BCUT2D eigenvalue weighted by molar-refractivity contribution is 9.10. The van der Waals surface area contributed by atoms with Gasteiger partial charge in [0.1, 0.15) is 0 Å². The molecule has 27 heavy (non-hydrogen) atoms. The Labute approximate surface area is 168 Å². The fourth-order valence-electron chi connectivity index (χ4n) is 4.66. The van der Waals surface area contributed by atoms with E-state index in [1.807, 2.05) is 0 Å². The number of carbonyl (C=O) groups excluding carboxylic acids is 1. The maximum atomic E-state index is 11.1. The van der Waals surface area contributed by atoms with Crippen molar-refractivity contribution in [3.8, 4) is 0 Å². The lowest BCUT2D eigenvalue weighted by molar-refractivity contribution is -0.114. The van der Waals surface area contributed by atoms with E-state index in [1.165, 1.54) is 27.2 Å². The summed E-state index contributed by atoms with van der Waals surface area (Å²) in [6.45, 7) is 0. The van der Waals surface area contributed by atoms with Gasteiger partial charge < -0.3 is 5.73 Å². The molecule has 2 aliphatic rings. The number of benzene rings is 2. The lowest BCUT2D eigenvalue weighted by Crippen LogP contribution is -2.35. The highest BCUT2D eigenvalue weighted by atomic mass is 79.9. The summed E-state index contributed by atoms with van der Waals surface area (Å²) >= 11 is 3.61. The molecule has 0 aromatic heterocycles. The number of hydrogen-bond donors (Lipinski definition) is 1. The Morgan fingerprint density at radius 3 is 2.48 bits per heavy atom. The molecular weight excluding hydrogens is 402 g/mol.